The molecule has 3 aromatic carbocycles. The van der Waals surface area contributed by atoms with Gasteiger partial charge in [-0.2, -0.15) is 0 Å². The van der Waals surface area contributed by atoms with Crippen LogP contribution in [-0.2, 0) is 4.79 Å². The summed E-state index contributed by atoms with van der Waals surface area (Å²) in [6.07, 6.45) is 0.138. The summed E-state index contributed by atoms with van der Waals surface area (Å²) in [6, 6.07) is 25.4. The molecule has 136 valence electrons. The molecule has 0 radical (unpaired) electrons. The van der Waals surface area contributed by atoms with Crippen molar-refractivity contribution >= 4 is 33.4 Å². The fourth-order valence-electron chi connectivity index (χ4n) is 2.70. The molecule has 27 heavy (non-hydrogen) atoms. The van der Waals surface area contributed by atoms with Crippen LogP contribution in [0.25, 0.3) is 0 Å². The molecule has 4 nitrogen and oxygen atoms in total. The Bertz CT molecular complexity index is 897. The second-order valence-corrected chi connectivity index (χ2v) is 6.98. The minimum Gasteiger partial charge on any atom is -0.345 e. The maximum absolute atomic E-state index is 12.6. The lowest BCUT2D eigenvalue weighted by Gasteiger charge is -2.19. The summed E-state index contributed by atoms with van der Waals surface area (Å²) in [7, 11) is 0. The van der Waals surface area contributed by atoms with Crippen molar-refractivity contribution in [2.24, 2.45) is 0 Å². The molecular weight excluding hydrogens is 404 g/mol. The number of halogens is 1. The number of hydrogen-bond donors (Lipinski definition) is 2. The molecule has 5 heteroatoms. The molecule has 0 fully saturated rings. The Balaban J connectivity index is 1.73. The summed E-state index contributed by atoms with van der Waals surface area (Å²) in [6.45, 7) is 0. The van der Waals surface area contributed by atoms with Gasteiger partial charge in [-0.05, 0) is 42.0 Å². The largest absolute Gasteiger partial charge is 0.345 e. The lowest BCUT2D eigenvalue weighted by molar-refractivity contribution is -0.116. The highest BCUT2D eigenvalue weighted by atomic mass is 79.9. The van der Waals surface area contributed by atoms with Gasteiger partial charge in [0.25, 0.3) is 5.91 Å². The van der Waals surface area contributed by atoms with Crippen LogP contribution in [0.15, 0.2) is 89.4 Å². The summed E-state index contributed by atoms with van der Waals surface area (Å²) in [5.74, 6) is -0.375. The minimum atomic E-state index is -0.422. The first-order valence-electron chi connectivity index (χ1n) is 8.58. The molecule has 2 N–H and O–H groups in total. The molecule has 0 aliphatic carbocycles. The van der Waals surface area contributed by atoms with Crippen molar-refractivity contribution in [2.45, 2.75) is 12.5 Å². The highest BCUT2D eigenvalue weighted by Gasteiger charge is 2.19. The van der Waals surface area contributed by atoms with Gasteiger partial charge in [0.05, 0.1) is 12.5 Å². The van der Waals surface area contributed by atoms with Crippen LogP contribution in [0, 0.1) is 0 Å². The Kier molecular flexibility index (Phi) is 6.39. The van der Waals surface area contributed by atoms with E-state index in [1.807, 2.05) is 72.8 Å². The predicted octanol–water partition coefficient (Wildman–Crippen LogP) is 4.95. The van der Waals surface area contributed by atoms with Crippen molar-refractivity contribution in [2.75, 3.05) is 5.32 Å². The maximum atomic E-state index is 12.6. The molecule has 0 saturated heterocycles. The van der Waals surface area contributed by atoms with Gasteiger partial charge < -0.3 is 10.6 Å². The molecule has 0 unspecified atom stereocenters. The van der Waals surface area contributed by atoms with E-state index in [0.717, 1.165) is 10.0 Å². The third-order valence-corrected chi connectivity index (χ3v) is 4.59. The molecule has 0 aliphatic rings. The number of amides is 2. The molecule has 0 saturated carbocycles. The van der Waals surface area contributed by atoms with E-state index in [1.54, 1.807) is 12.1 Å². The summed E-state index contributed by atoms with van der Waals surface area (Å²) in [5, 5.41) is 5.84. The Morgan fingerprint density at radius 3 is 2.04 bits per heavy atom. The van der Waals surface area contributed by atoms with E-state index < -0.39 is 6.04 Å². The van der Waals surface area contributed by atoms with Crippen molar-refractivity contribution in [3.8, 4) is 0 Å². The number of carbonyl (C=O) groups excluding carboxylic acids is 2. The fourth-order valence-corrected chi connectivity index (χ4v) is 2.96. The number of benzene rings is 3. The molecule has 0 spiro atoms. The molecule has 3 rings (SSSR count). The van der Waals surface area contributed by atoms with Gasteiger partial charge in [0.1, 0.15) is 0 Å². The Morgan fingerprint density at radius 1 is 0.815 bits per heavy atom. The van der Waals surface area contributed by atoms with Crippen LogP contribution in [0.1, 0.15) is 28.4 Å². The monoisotopic (exact) mass is 422 g/mol. The average Bonchev–Trinajstić information content (AvgIpc) is 2.70. The zero-order valence-corrected chi connectivity index (χ0v) is 16.1. The highest BCUT2D eigenvalue weighted by Crippen LogP contribution is 2.20. The SMILES string of the molecule is O=C(C[C@@H](NC(=O)c1ccccc1)c1ccccc1)Nc1ccc(Br)cc1. The first kappa shape index (κ1) is 18.9. The number of nitrogens with one attached hydrogen (secondary N) is 2. The van der Waals surface area contributed by atoms with Crippen LogP contribution in [0.4, 0.5) is 5.69 Å². The van der Waals surface area contributed by atoms with E-state index in [1.165, 1.54) is 0 Å². The normalized spacial score (nSPS) is 11.4. The van der Waals surface area contributed by atoms with E-state index in [0.29, 0.717) is 11.3 Å². The second-order valence-electron chi connectivity index (χ2n) is 6.06. The van der Waals surface area contributed by atoms with Crippen molar-refractivity contribution in [1.29, 1.82) is 0 Å². The van der Waals surface area contributed by atoms with Crippen molar-refractivity contribution in [1.82, 2.24) is 5.32 Å². The van der Waals surface area contributed by atoms with Gasteiger partial charge in [0.2, 0.25) is 5.91 Å². The van der Waals surface area contributed by atoms with Crippen LogP contribution < -0.4 is 10.6 Å². The number of carbonyl (C=O) groups is 2. The second kappa shape index (κ2) is 9.14. The van der Waals surface area contributed by atoms with E-state index in [-0.39, 0.29) is 18.2 Å². The summed E-state index contributed by atoms with van der Waals surface area (Å²) >= 11 is 3.37. The van der Waals surface area contributed by atoms with Gasteiger partial charge in [0.15, 0.2) is 0 Å². The first-order valence-corrected chi connectivity index (χ1v) is 9.37. The van der Waals surface area contributed by atoms with Gasteiger partial charge in [-0.1, -0.05) is 64.5 Å². The van der Waals surface area contributed by atoms with Gasteiger partial charge in [-0.25, -0.2) is 0 Å². The topological polar surface area (TPSA) is 58.2 Å². The zero-order valence-electron chi connectivity index (χ0n) is 14.6. The summed E-state index contributed by atoms with van der Waals surface area (Å²) < 4.78 is 0.942. The lowest BCUT2D eigenvalue weighted by Crippen LogP contribution is -2.31. The summed E-state index contributed by atoms with van der Waals surface area (Å²) in [5.41, 5.74) is 2.16. The molecule has 2 amide bonds. The standard InChI is InChI=1S/C22H19BrN2O2/c23-18-11-13-19(14-12-18)24-21(26)15-20(16-7-3-1-4-8-16)25-22(27)17-9-5-2-6-10-17/h1-14,20H,15H2,(H,24,26)(H,25,27)/t20-/m1/s1. The van der Waals surface area contributed by atoms with E-state index in [2.05, 4.69) is 26.6 Å². The molecule has 0 heterocycles. The average molecular weight is 423 g/mol. The molecular formula is C22H19BrN2O2. The van der Waals surface area contributed by atoms with Crippen LogP contribution in [-0.4, -0.2) is 11.8 Å². The third-order valence-electron chi connectivity index (χ3n) is 4.06. The van der Waals surface area contributed by atoms with Crippen LogP contribution in [0.3, 0.4) is 0 Å². The van der Waals surface area contributed by atoms with Gasteiger partial charge >= 0.3 is 0 Å². The highest BCUT2D eigenvalue weighted by molar-refractivity contribution is 9.10. The molecule has 0 bridgehead atoms. The van der Waals surface area contributed by atoms with E-state index in [9.17, 15) is 9.59 Å². The quantitative estimate of drug-likeness (QED) is 0.590. The first-order chi connectivity index (χ1) is 13.1. The van der Waals surface area contributed by atoms with Crippen molar-refractivity contribution < 1.29 is 9.59 Å². The Hall–Kier alpha value is -2.92. The molecule has 0 aliphatic heterocycles. The number of anilines is 1. The Labute approximate surface area is 166 Å². The smallest absolute Gasteiger partial charge is 0.251 e. The van der Waals surface area contributed by atoms with Gasteiger partial charge in [-0.3, -0.25) is 9.59 Å². The predicted molar refractivity (Wildman–Crippen MR) is 110 cm³/mol. The zero-order chi connectivity index (χ0) is 19.1. The molecule has 0 aromatic heterocycles. The van der Waals surface area contributed by atoms with Crippen LogP contribution >= 0.6 is 15.9 Å². The molecule has 3 aromatic rings. The number of hydrogen-bond acceptors (Lipinski definition) is 2. The van der Waals surface area contributed by atoms with Crippen molar-refractivity contribution in [3.05, 3.63) is 101 Å². The van der Waals surface area contributed by atoms with Gasteiger partial charge in [-0.15, -0.1) is 0 Å². The van der Waals surface area contributed by atoms with Crippen LogP contribution in [0.2, 0.25) is 0 Å². The summed E-state index contributed by atoms with van der Waals surface area (Å²) in [4.78, 5) is 25.1. The van der Waals surface area contributed by atoms with Crippen LogP contribution in [0.5, 0.6) is 0 Å². The third kappa shape index (κ3) is 5.53. The minimum absolute atomic E-state index is 0.138. The van der Waals surface area contributed by atoms with E-state index in [4.69, 9.17) is 0 Å². The maximum Gasteiger partial charge on any atom is 0.251 e. The van der Waals surface area contributed by atoms with Gasteiger partial charge in [0, 0.05) is 15.7 Å². The van der Waals surface area contributed by atoms with Crippen molar-refractivity contribution in [3.63, 3.8) is 0 Å². The number of rotatable bonds is 6. The van der Waals surface area contributed by atoms with E-state index >= 15 is 0 Å². The fraction of sp³-hybridized carbons (Fsp3) is 0.0909. The lowest BCUT2D eigenvalue weighted by atomic mass is 10.0. The molecule has 1 atom stereocenters. The Morgan fingerprint density at radius 2 is 1.41 bits per heavy atom.